The van der Waals surface area contributed by atoms with Gasteiger partial charge >= 0.3 is 6.03 Å². The first-order chi connectivity index (χ1) is 10.1. The number of amides is 3. The maximum Gasteiger partial charge on any atom is 0.314 e. The monoisotopic (exact) mass is 307 g/mol. The Bertz CT molecular complexity index is 656. The molecule has 21 heavy (non-hydrogen) atoms. The Kier molecular flexibility index (Phi) is 4.78. The van der Waals surface area contributed by atoms with Crippen LogP contribution >= 0.6 is 11.6 Å². The molecule has 2 rings (SSSR count). The Morgan fingerprint density at radius 3 is 2.86 bits per heavy atom. The van der Waals surface area contributed by atoms with Gasteiger partial charge in [0.25, 0.3) is 0 Å². The fourth-order valence-electron chi connectivity index (χ4n) is 1.65. The minimum absolute atomic E-state index is 0.138. The third kappa shape index (κ3) is 3.96. The first kappa shape index (κ1) is 14.9. The largest absolute Gasteiger partial charge is 0.341 e. The molecule has 0 atom stereocenters. The van der Waals surface area contributed by atoms with Crippen molar-refractivity contribution in [2.45, 2.75) is 0 Å². The average Bonchev–Trinajstić information content (AvgIpc) is 2.92. The van der Waals surface area contributed by atoms with Crippen molar-refractivity contribution in [3.63, 3.8) is 0 Å². The highest BCUT2D eigenvalue weighted by molar-refractivity contribution is 6.30. The third-order valence-electron chi connectivity index (χ3n) is 2.60. The van der Waals surface area contributed by atoms with Crippen molar-refractivity contribution in [3.05, 3.63) is 41.6 Å². The van der Waals surface area contributed by atoms with Gasteiger partial charge in [-0.25, -0.2) is 9.48 Å². The van der Waals surface area contributed by atoms with Gasteiger partial charge in [0.2, 0.25) is 5.91 Å². The van der Waals surface area contributed by atoms with Gasteiger partial charge in [0.05, 0.1) is 18.4 Å². The smallest absolute Gasteiger partial charge is 0.314 e. The summed E-state index contributed by atoms with van der Waals surface area (Å²) in [5.74, 6) is 0.128. The van der Waals surface area contributed by atoms with Gasteiger partial charge in [-0.3, -0.25) is 4.79 Å². The summed E-state index contributed by atoms with van der Waals surface area (Å²) in [6.45, 7) is -0.138. The lowest BCUT2D eigenvalue weighted by molar-refractivity contribution is -0.115. The van der Waals surface area contributed by atoms with Crippen molar-refractivity contribution in [3.8, 4) is 5.69 Å². The highest BCUT2D eigenvalue weighted by atomic mass is 35.5. The number of hydrogen-bond acceptors (Lipinski definition) is 3. The van der Waals surface area contributed by atoms with Crippen LogP contribution < -0.4 is 16.0 Å². The molecule has 0 saturated carbocycles. The SMILES string of the molecule is CNC(=O)NCC(=O)Nc1ccnn1-c1cccc(Cl)c1. The number of rotatable bonds is 4. The van der Waals surface area contributed by atoms with E-state index in [4.69, 9.17) is 11.6 Å². The van der Waals surface area contributed by atoms with E-state index in [1.54, 1.807) is 35.1 Å². The number of nitrogens with one attached hydrogen (secondary N) is 3. The molecular formula is C13H14ClN5O2. The van der Waals surface area contributed by atoms with Crippen LogP contribution in [0.3, 0.4) is 0 Å². The lowest BCUT2D eigenvalue weighted by Gasteiger charge is -2.09. The van der Waals surface area contributed by atoms with Crippen molar-refractivity contribution in [2.24, 2.45) is 0 Å². The second-order valence-electron chi connectivity index (χ2n) is 4.09. The average molecular weight is 308 g/mol. The molecule has 0 spiro atoms. The lowest BCUT2D eigenvalue weighted by atomic mass is 10.3. The quantitative estimate of drug-likeness (QED) is 0.797. The Hall–Kier alpha value is -2.54. The van der Waals surface area contributed by atoms with E-state index in [2.05, 4.69) is 21.0 Å². The van der Waals surface area contributed by atoms with Crippen LogP contribution in [0.1, 0.15) is 0 Å². The summed E-state index contributed by atoms with van der Waals surface area (Å²) in [6.07, 6.45) is 1.56. The molecule has 1 aromatic carbocycles. The Morgan fingerprint density at radius 1 is 1.33 bits per heavy atom. The fraction of sp³-hybridized carbons (Fsp3) is 0.154. The summed E-state index contributed by atoms with van der Waals surface area (Å²) in [4.78, 5) is 22.8. The highest BCUT2D eigenvalue weighted by Crippen LogP contribution is 2.18. The van der Waals surface area contributed by atoms with E-state index >= 15 is 0 Å². The number of aromatic nitrogens is 2. The van der Waals surface area contributed by atoms with E-state index in [1.807, 2.05) is 6.07 Å². The van der Waals surface area contributed by atoms with Crippen molar-refractivity contribution in [1.29, 1.82) is 0 Å². The molecule has 0 saturated heterocycles. The van der Waals surface area contributed by atoms with E-state index in [9.17, 15) is 9.59 Å². The van der Waals surface area contributed by atoms with Crippen LogP contribution in [-0.4, -0.2) is 35.3 Å². The number of halogens is 1. The minimum atomic E-state index is -0.423. The number of anilines is 1. The Balaban J connectivity index is 2.07. The molecule has 8 heteroatoms. The van der Waals surface area contributed by atoms with Gasteiger partial charge in [-0.1, -0.05) is 17.7 Å². The van der Waals surface area contributed by atoms with Gasteiger partial charge in [0.15, 0.2) is 0 Å². The van der Waals surface area contributed by atoms with E-state index in [0.29, 0.717) is 10.8 Å². The predicted octanol–water partition coefficient (Wildman–Crippen LogP) is 1.39. The van der Waals surface area contributed by atoms with Crippen molar-refractivity contribution >= 4 is 29.4 Å². The minimum Gasteiger partial charge on any atom is -0.341 e. The molecule has 3 amide bonds. The fourth-order valence-corrected chi connectivity index (χ4v) is 1.83. The van der Waals surface area contributed by atoms with Crippen LogP contribution in [-0.2, 0) is 4.79 Å². The number of carbonyl (C=O) groups excluding carboxylic acids is 2. The van der Waals surface area contributed by atoms with E-state index < -0.39 is 6.03 Å². The van der Waals surface area contributed by atoms with E-state index in [0.717, 1.165) is 5.69 Å². The second kappa shape index (κ2) is 6.76. The highest BCUT2D eigenvalue weighted by Gasteiger charge is 2.09. The molecule has 2 aromatic rings. The zero-order valence-electron chi connectivity index (χ0n) is 11.3. The molecule has 0 aliphatic carbocycles. The van der Waals surface area contributed by atoms with Crippen LogP contribution in [0.5, 0.6) is 0 Å². The molecule has 7 nitrogen and oxygen atoms in total. The van der Waals surface area contributed by atoms with Gasteiger partial charge in [-0.05, 0) is 18.2 Å². The van der Waals surface area contributed by atoms with Crippen LogP contribution in [0.4, 0.5) is 10.6 Å². The Morgan fingerprint density at radius 2 is 2.14 bits per heavy atom. The molecule has 1 aromatic heterocycles. The molecule has 3 N–H and O–H groups in total. The molecule has 0 unspecified atom stereocenters. The van der Waals surface area contributed by atoms with Crippen LogP contribution in [0.15, 0.2) is 36.5 Å². The molecule has 0 bridgehead atoms. The van der Waals surface area contributed by atoms with Gasteiger partial charge in [-0.15, -0.1) is 0 Å². The van der Waals surface area contributed by atoms with Gasteiger partial charge < -0.3 is 16.0 Å². The zero-order valence-corrected chi connectivity index (χ0v) is 12.0. The van der Waals surface area contributed by atoms with Gasteiger partial charge in [0.1, 0.15) is 5.82 Å². The Labute approximate surface area is 126 Å². The summed E-state index contributed by atoms with van der Waals surface area (Å²) in [7, 11) is 1.47. The summed E-state index contributed by atoms with van der Waals surface area (Å²) >= 11 is 5.94. The first-order valence-corrected chi connectivity index (χ1v) is 6.53. The molecular weight excluding hydrogens is 294 g/mol. The number of urea groups is 1. The third-order valence-corrected chi connectivity index (χ3v) is 2.83. The summed E-state index contributed by atoms with van der Waals surface area (Å²) in [5.41, 5.74) is 0.724. The number of carbonyl (C=O) groups is 2. The zero-order chi connectivity index (χ0) is 15.2. The van der Waals surface area contributed by atoms with E-state index in [-0.39, 0.29) is 12.5 Å². The predicted molar refractivity (Wildman–Crippen MR) is 79.7 cm³/mol. The number of nitrogens with zero attached hydrogens (tertiary/aromatic N) is 2. The van der Waals surface area contributed by atoms with E-state index in [1.165, 1.54) is 7.05 Å². The lowest BCUT2D eigenvalue weighted by Crippen LogP contribution is -2.38. The summed E-state index contributed by atoms with van der Waals surface area (Å²) in [6, 6.07) is 8.31. The maximum absolute atomic E-state index is 11.8. The second-order valence-corrected chi connectivity index (χ2v) is 4.53. The number of hydrogen-bond donors (Lipinski definition) is 3. The maximum atomic E-state index is 11.8. The molecule has 0 aliphatic rings. The molecule has 0 radical (unpaired) electrons. The van der Waals surface area contributed by atoms with Crippen LogP contribution in [0.2, 0.25) is 5.02 Å². The molecule has 1 heterocycles. The standard InChI is InChI=1S/C13H14ClN5O2/c1-15-13(21)16-8-12(20)18-11-5-6-17-19(11)10-4-2-3-9(14)7-10/h2-7H,8H2,1H3,(H,18,20)(H2,15,16,21). The molecule has 0 aliphatic heterocycles. The molecule has 110 valence electrons. The van der Waals surface area contributed by atoms with Crippen molar-refractivity contribution in [1.82, 2.24) is 20.4 Å². The summed E-state index contributed by atoms with van der Waals surface area (Å²) < 4.78 is 1.55. The molecule has 0 fully saturated rings. The summed E-state index contributed by atoms with van der Waals surface area (Å²) in [5, 5.41) is 12.1. The first-order valence-electron chi connectivity index (χ1n) is 6.15. The number of benzene rings is 1. The van der Waals surface area contributed by atoms with Crippen molar-refractivity contribution in [2.75, 3.05) is 18.9 Å². The van der Waals surface area contributed by atoms with Crippen LogP contribution in [0.25, 0.3) is 5.69 Å². The normalized spacial score (nSPS) is 10.0. The topological polar surface area (TPSA) is 88.1 Å². The van der Waals surface area contributed by atoms with Gasteiger partial charge in [-0.2, -0.15) is 5.10 Å². The van der Waals surface area contributed by atoms with Gasteiger partial charge in [0, 0.05) is 18.1 Å². The van der Waals surface area contributed by atoms with Crippen molar-refractivity contribution < 1.29 is 9.59 Å². The van der Waals surface area contributed by atoms with Crippen LogP contribution in [0, 0.1) is 0 Å².